The average Bonchev–Trinajstić information content (AvgIpc) is 3.39. The standard InChI is InChI=1S/C26H27N3O5/c1-14-8-9-17-22(15(14)2)27-25(34)26(17)21-20(18(28-26)10-11-19(30)31)23(32)29(24(21)33)13-12-16-6-4-3-5-7-16/h3-9,18,20-21,28H,10-13H2,1-2H3,(H,27,34)(H,30,31)/t18?,20-,21+,26?/m1/s1. The van der Waals surface area contributed by atoms with Crippen molar-refractivity contribution in [3.05, 3.63) is 64.7 Å². The van der Waals surface area contributed by atoms with Crippen LogP contribution in [-0.2, 0) is 31.1 Å². The average molecular weight is 462 g/mol. The number of amides is 3. The molecule has 3 aliphatic heterocycles. The molecule has 2 fully saturated rings. The second-order valence-corrected chi connectivity index (χ2v) is 9.44. The Bertz CT molecular complexity index is 1210. The maximum absolute atomic E-state index is 13.7. The summed E-state index contributed by atoms with van der Waals surface area (Å²) in [7, 11) is 0. The summed E-state index contributed by atoms with van der Waals surface area (Å²) < 4.78 is 0. The van der Waals surface area contributed by atoms with Crippen LogP contribution in [0.3, 0.4) is 0 Å². The fourth-order valence-electron chi connectivity index (χ4n) is 5.81. The summed E-state index contributed by atoms with van der Waals surface area (Å²) in [5.41, 5.74) is 2.85. The predicted octanol–water partition coefficient (Wildman–Crippen LogP) is 2.13. The van der Waals surface area contributed by atoms with Crippen molar-refractivity contribution in [3.8, 4) is 0 Å². The van der Waals surface area contributed by atoms with Crippen LogP contribution in [-0.4, -0.2) is 46.3 Å². The summed E-state index contributed by atoms with van der Waals surface area (Å²) in [5.74, 6) is -3.78. The Morgan fingerprint density at radius 1 is 1.06 bits per heavy atom. The van der Waals surface area contributed by atoms with Gasteiger partial charge in [0.15, 0.2) is 0 Å². The van der Waals surface area contributed by atoms with Crippen LogP contribution in [0.15, 0.2) is 42.5 Å². The SMILES string of the molecule is Cc1ccc2c(c1C)NC(=O)C21NC(CCC(=O)O)[C@H]2C(=O)N(CCc3ccccc3)C(=O)[C@H]21. The van der Waals surface area contributed by atoms with Gasteiger partial charge in [-0.2, -0.15) is 0 Å². The van der Waals surface area contributed by atoms with E-state index in [-0.39, 0.29) is 37.1 Å². The molecule has 3 heterocycles. The number of nitrogens with one attached hydrogen (secondary N) is 2. The molecule has 8 heteroatoms. The topological polar surface area (TPSA) is 116 Å². The van der Waals surface area contributed by atoms with Crippen molar-refractivity contribution in [2.45, 2.75) is 44.7 Å². The molecule has 5 rings (SSSR count). The van der Waals surface area contributed by atoms with E-state index in [0.29, 0.717) is 17.7 Å². The number of carboxylic acid groups (broad SMARTS) is 1. The number of hydrogen-bond acceptors (Lipinski definition) is 5. The van der Waals surface area contributed by atoms with Gasteiger partial charge in [-0.05, 0) is 43.4 Å². The molecule has 176 valence electrons. The molecular weight excluding hydrogens is 434 g/mol. The lowest BCUT2D eigenvalue weighted by molar-refractivity contribution is -0.143. The molecule has 34 heavy (non-hydrogen) atoms. The second-order valence-electron chi connectivity index (χ2n) is 9.44. The van der Waals surface area contributed by atoms with Gasteiger partial charge in [0.25, 0.3) is 0 Å². The van der Waals surface area contributed by atoms with Crippen molar-refractivity contribution in [1.29, 1.82) is 0 Å². The fraction of sp³-hybridized carbons (Fsp3) is 0.385. The second kappa shape index (κ2) is 8.06. The van der Waals surface area contributed by atoms with Crippen LogP contribution < -0.4 is 10.6 Å². The van der Waals surface area contributed by atoms with Gasteiger partial charge in [0.2, 0.25) is 17.7 Å². The van der Waals surface area contributed by atoms with Crippen molar-refractivity contribution in [1.82, 2.24) is 10.2 Å². The number of aryl methyl sites for hydroxylation is 1. The summed E-state index contributed by atoms with van der Waals surface area (Å²) in [6, 6.07) is 12.7. The molecule has 2 saturated heterocycles. The normalized spacial score (nSPS) is 27.3. The molecule has 2 unspecified atom stereocenters. The van der Waals surface area contributed by atoms with Crippen molar-refractivity contribution in [2.75, 3.05) is 11.9 Å². The lowest BCUT2D eigenvalue weighted by atomic mass is 9.76. The number of carbonyl (C=O) groups excluding carboxylic acids is 3. The molecule has 0 radical (unpaired) electrons. The van der Waals surface area contributed by atoms with E-state index >= 15 is 0 Å². The van der Waals surface area contributed by atoms with Gasteiger partial charge in [-0.1, -0.05) is 42.5 Å². The minimum absolute atomic E-state index is 0.150. The number of anilines is 1. The number of carbonyl (C=O) groups is 4. The number of aliphatic carboxylic acids is 1. The van der Waals surface area contributed by atoms with Crippen LogP contribution in [0, 0.1) is 25.7 Å². The van der Waals surface area contributed by atoms with Crippen LogP contribution in [0.4, 0.5) is 5.69 Å². The molecule has 3 amide bonds. The first-order valence-electron chi connectivity index (χ1n) is 11.6. The van der Waals surface area contributed by atoms with Gasteiger partial charge in [0, 0.05) is 30.3 Å². The zero-order valence-corrected chi connectivity index (χ0v) is 19.1. The number of rotatable bonds is 6. The fourth-order valence-corrected chi connectivity index (χ4v) is 5.81. The Morgan fingerprint density at radius 2 is 1.79 bits per heavy atom. The van der Waals surface area contributed by atoms with Crippen molar-refractivity contribution in [2.24, 2.45) is 11.8 Å². The highest BCUT2D eigenvalue weighted by Crippen LogP contribution is 2.54. The van der Waals surface area contributed by atoms with E-state index in [1.807, 2.05) is 56.3 Å². The molecule has 8 nitrogen and oxygen atoms in total. The smallest absolute Gasteiger partial charge is 0.303 e. The van der Waals surface area contributed by atoms with E-state index in [2.05, 4.69) is 10.6 Å². The van der Waals surface area contributed by atoms with Crippen LogP contribution in [0.5, 0.6) is 0 Å². The molecule has 0 bridgehead atoms. The van der Waals surface area contributed by atoms with Crippen LogP contribution in [0.1, 0.15) is 35.1 Å². The third-order valence-electron chi connectivity index (χ3n) is 7.65. The first-order valence-corrected chi connectivity index (χ1v) is 11.6. The maximum Gasteiger partial charge on any atom is 0.303 e. The van der Waals surface area contributed by atoms with E-state index in [0.717, 1.165) is 16.7 Å². The molecule has 0 aliphatic carbocycles. The third-order valence-corrected chi connectivity index (χ3v) is 7.65. The van der Waals surface area contributed by atoms with Crippen molar-refractivity contribution < 1.29 is 24.3 Å². The summed E-state index contributed by atoms with van der Waals surface area (Å²) in [5, 5.41) is 15.5. The Labute approximate surface area is 197 Å². The van der Waals surface area contributed by atoms with Crippen LogP contribution in [0.25, 0.3) is 0 Å². The first kappa shape index (κ1) is 22.3. The number of hydrogen-bond donors (Lipinski definition) is 3. The quantitative estimate of drug-likeness (QED) is 0.568. The number of nitrogens with zero attached hydrogens (tertiary/aromatic N) is 1. The van der Waals surface area contributed by atoms with Gasteiger partial charge < -0.3 is 10.4 Å². The Hall–Kier alpha value is -3.52. The lowest BCUT2D eigenvalue weighted by Gasteiger charge is -2.29. The zero-order chi connectivity index (χ0) is 24.2. The maximum atomic E-state index is 13.7. The molecule has 1 spiro atoms. The summed E-state index contributed by atoms with van der Waals surface area (Å²) >= 11 is 0. The Kier molecular flexibility index (Phi) is 5.28. The van der Waals surface area contributed by atoms with E-state index in [9.17, 15) is 24.3 Å². The van der Waals surface area contributed by atoms with E-state index in [1.54, 1.807) is 0 Å². The lowest BCUT2D eigenvalue weighted by Crippen LogP contribution is -2.53. The van der Waals surface area contributed by atoms with Gasteiger partial charge in [-0.3, -0.25) is 29.4 Å². The molecular formula is C26H27N3O5. The summed E-state index contributed by atoms with van der Waals surface area (Å²) in [6.07, 6.45) is 0.500. The summed E-state index contributed by atoms with van der Waals surface area (Å²) in [4.78, 5) is 53.4. The van der Waals surface area contributed by atoms with Gasteiger partial charge in [-0.15, -0.1) is 0 Å². The highest BCUT2D eigenvalue weighted by atomic mass is 16.4. The monoisotopic (exact) mass is 461 g/mol. The molecule has 4 atom stereocenters. The van der Waals surface area contributed by atoms with Gasteiger partial charge in [0.05, 0.1) is 11.8 Å². The van der Waals surface area contributed by atoms with Gasteiger partial charge >= 0.3 is 5.97 Å². The van der Waals surface area contributed by atoms with Crippen molar-refractivity contribution in [3.63, 3.8) is 0 Å². The van der Waals surface area contributed by atoms with E-state index < -0.39 is 29.4 Å². The predicted molar refractivity (Wildman–Crippen MR) is 124 cm³/mol. The van der Waals surface area contributed by atoms with Crippen LogP contribution >= 0.6 is 0 Å². The highest BCUT2D eigenvalue weighted by Gasteiger charge is 2.70. The van der Waals surface area contributed by atoms with Gasteiger partial charge in [0.1, 0.15) is 5.54 Å². The van der Waals surface area contributed by atoms with Crippen molar-refractivity contribution >= 4 is 29.4 Å². The Morgan fingerprint density at radius 3 is 2.50 bits per heavy atom. The molecule has 3 aliphatic rings. The first-order chi connectivity index (χ1) is 16.3. The minimum atomic E-state index is -1.39. The highest BCUT2D eigenvalue weighted by molar-refractivity contribution is 6.15. The number of imide groups is 1. The zero-order valence-electron chi connectivity index (χ0n) is 19.1. The number of fused-ring (bicyclic) bond motifs is 4. The number of carboxylic acids is 1. The molecule has 2 aromatic rings. The molecule has 3 N–H and O–H groups in total. The molecule has 0 saturated carbocycles. The number of likely N-dealkylation sites (tertiary alicyclic amines) is 1. The molecule has 2 aromatic carbocycles. The van der Waals surface area contributed by atoms with E-state index in [1.165, 1.54) is 4.90 Å². The largest absolute Gasteiger partial charge is 0.481 e. The number of benzene rings is 2. The van der Waals surface area contributed by atoms with Crippen LogP contribution in [0.2, 0.25) is 0 Å². The molecule has 0 aromatic heterocycles. The summed E-state index contributed by atoms with van der Waals surface area (Å²) in [6.45, 7) is 4.08. The van der Waals surface area contributed by atoms with E-state index in [4.69, 9.17) is 0 Å². The Balaban J connectivity index is 1.55. The third kappa shape index (κ3) is 3.16. The minimum Gasteiger partial charge on any atom is -0.481 e. The van der Waals surface area contributed by atoms with Gasteiger partial charge in [-0.25, -0.2) is 0 Å².